The van der Waals surface area contributed by atoms with E-state index in [0.29, 0.717) is 19.3 Å². The molecule has 0 saturated carbocycles. The van der Waals surface area contributed by atoms with Crippen molar-refractivity contribution in [2.75, 3.05) is 0 Å². The Bertz CT molecular complexity index is 479. The predicted octanol–water partition coefficient (Wildman–Crippen LogP) is 4.23. The van der Waals surface area contributed by atoms with E-state index in [2.05, 4.69) is 26.8 Å². The van der Waals surface area contributed by atoms with Gasteiger partial charge in [-0.25, -0.2) is 0 Å². The molecule has 0 aromatic heterocycles. The molecule has 1 aromatic carbocycles. The maximum Gasteiger partial charge on any atom is 0.163 e. The molecule has 2 heteroatoms. The molecule has 1 aromatic rings. The summed E-state index contributed by atoms with van der Waals surface area (Å²) in [5.41, 5.74) is 3.16. The number of hydrogen-bond donors (Lipinski definition) is 0. The lowest BCUT2D eigenvalue weighted by molar-refractivity contribution is -0.117. The SMILES string of the molecule is CC(=O)CCCC(=O)c1ccc(C(C)(C)C)cc1C. The molecule has 1 rings (SSSR count). The molecular formula is C17H24O2. The second kappa shape index (κ2) is 6.14. The molecular weight excluding hydrogens is 236 g/mol. The van der Waals surface area contributed by atoms with Crippen LogP contribution in [0.5, 0.6) is 0 Å². The van der Waals surface area contributed by atoms with Crippen LogP contribution in [0.4, 0.5) is 0 Å². The maximum absolute atomic E-state index is 12.1. The van der Waals surface area contributed by atoms with Gasteiger partial charge in [-0.2, -0.15) is 0 Å². The van der Waals surface area contributed by atoms with Gasteiger partial charge in [0.25, 0.3) is 0 Å². The van der Waals surface area contributed by atoms with E-state index >= 15 is 0 Å². The molecule has 0 aliphatic heterocycles. The number of carbonyl (C=O) groups excluding carboxylic acids is 2. The van der Waals surface area contributed by atoms with Crippen molar-refractivity contribution >= 4 is 11.6 Å². The average Bonchev–Trinajstić information content (AvgIpc) is 2.26. The first-order valence-corrected chi connectivity index (χ1v) is 6.85. The van der Waals surface area contributed by atoms with Gasteiger partial charge < -0.3 is 4.79 Å². The van der Waals surface area contributed by atoms with Gasteiger partial charge >= 0.3 is 0 Å². The van der Waals surface area contributed by atoms with Crippen molar-refractivity contribution in [2.24, 2.45) is 0 Å². The summed E-state index contributed by atoms with van der Waals surface area (Å²) in [6.45, 7) is 10.0. The number of hydrogen-bond acceptors (Lipinski definition) is 2. The zero-order valence-electron chi connectivity index (χ0n) is 12.7. The molecule has 0 atom stereocenters. The molecule has 0 spiro atoms. The molecule has 0 bridgehead atoms. The third kappa shape index (κ3) is 4.62. The van der Waals surface area contributed by atoms with Gasteiger partial charge in [0.15, 0.2) is 5.78 Å². The molecule has 0 heterocycles. The van der Waals surface area contributed by atoms with Crippen molar-refractivity contribution in [1.82, 2.24) is 0 Å². The molecule has 0 fully saturated rings. The minimum absolute atomic E-state index is 0.0982. The Morgan fingerprint density at radius 3 is 2.21 bits per heavy atom. The largest absolute Gasteiger partial charge is 0.300 e. The second-order valence-corrected chi connectivity index (χ2v) is 6.26. The highest BCUT2D eigenvalue weighted by molar-refractivity contribution is 5.97. The predicted molar refractivity (Wildman–Crippen MR) is 78.7 cm³/mol. The van der Waals surface area contributed by atoms with Crippen LogP contribution in [0.25, 0.3) is 0 Å². The first-order valence-electron chi connectivity index (χ1n) is 6.85. The monoisotopic (exact) mass is 260 g/mol. The van der Waals surface area contributed by atoms with Gasteiger partial charge in [0.05, 0.1) is 0 Å². The summed E-state index contributed by atoms with van der Waals surface area (Å²) in [5.74, 6) is 0.284. The highest BCUT2D eigenvalue weighted by Crippen LogP contribution is 2.25. The molecule has 0 aliphatic carbocycles. The second-order valence-electron chi connectivity index (χ2n) is 6.26. The molecule has 0 radical (unpaired) electrons. The fraction of sp³-hybridized carbons (Fsp3) is 0.529. The number of rotatable bonds is 5. The van der Waals surface area contributed by atoms with Gasteiger partial charge in [-0.3, -0.25) is 4.79 Å². The highest BCUT2D eigenvalue weighted by atomic mass is 16.1. The van der Waals surface area contributed by atoms with E-state index in [1.165, 1.54) is 5.56 Å². The molecule has 0 amide bonds. The van der Waals surface area contributed by atoms with Crippen molar-refractivity contribution in [1.29, 1.82) is 0 Å². The lowest BCUT2D eigenvalue weighted by Crippen LogP contribution is -2.12. The molecule has 0 unspecified atom stereocenters. The lowest BCUT2D eigenvalue weighted by atomic mass is 9.84. The summed E-state index contributed by atoms with van der Waals surface area (Å²) in [4.78, 5) is 23.0. The average molecular weight is 260 g/mol. The van der Waals surface area contributed by atoms with Crippen LogP contribution in [0.15, 0.2) is 18.2 Å². The van der Waals surface area contributed by atoms with Gasteiger partial charge in [-0.05, 0) is 36.8 Å². The Morgan fingerprint density at radius 2 is 1.74 bits per heavy atom. The number of Topliss-reactive ketones (excluding diaryl/α,β-unsaturated/α-hetero) is 2. The number of ketones is 2. The minimum Gasteiger partial charge on any atom is -0.300 e. The topological polar surface area (TPSA) is 34.1 Å². The summed E-state index contributed by atoms with van der Waals surface area (Å²) in [6, 6.07) is 6.05. The van der Waals surface area contributed by atoms with Gasteiger partial charge in [0.2, 0.25) is 0 Å². The van der Waals surface area contributed by atoms with Crippen LogP contribution in [-0.4, -0.2) is 11.6 Å². The number of carbonyl (C=O) groups is 2. The molecule has 0 saturated heterocycles. The number of aryl methyl sites for hydroxylation is 1. The third-order valence-electron chi connectivity index (χ3n) is 3.33. The van der Waals surface area contributed by atoms with Crippen LogP contribution in [0.3, 0.4) is 0 Å². The molecule has 104 valence electrons. The third-order valence-corrected chi connectivity index (χ3v) is 3.33. The zero-order valence-corrected chi connectivity index (χ0v) is 12.7. The van der Waals surface area contributed by atoms with Crippen molar-refractivity contribution < 1.29 is 9.59 Å². The molecule has 0 aliphatic rings. The van der Waals surface area contributed by atoms with Crippen LogP contribution in [-0.2, 0) is 10.2 Å². The van der Waals surface area contributed by atoms with E-state index in [4.69, 9.17) is 0 Å². The van der Waals surface area contributed by atoms with Crippen LogP contribution in [0.1, 0.15) is 68.4 Å². The quantitative estimate of drug-likeness (QED) is 0.742. The van der Waals surface area contributed by atoms with Gasteiger partial charge in [0.1, 0.15) is 5.78 Å². The molecule has 0 N–H and O–H groups in total. The fourth-order valence-electron chi connectivity index (χ4n) is 2.08. The maximum atomic E-state index is 12.1. The van der Waals surface area contributed by atoms with Crippen molar-refractivity contribution in [3.05, 3.63) is 34.9 Å². The van der Waals surface area contributed by atoms with E-state index in [1.54, 1.807) is 6.92 Å². The van der Waals surface area contributed by atoms with Gasteiger partial charge in [-0.15, -0.1) is 0 Å². The van der Waals surface area contributed by atoms with Gasteiger partial charge in [0, 0.05) is 18.4 Å². The van der Waals surface area contributed by atoms with Crippen LogP contribution in [0.2, 0.25) is 0 Å². The summed E-state index contributed by atoms with van der Waals surface area (Å²) in [6.07, 6.45) is 1.59. The van der Waals surface area contributed by atoms with Crippen LogP contribution < -0.4 is 0 Å². The highest BCUT2D eigenvalue weighted by Gasteiger charge is 2.16. The summed E-state index contributed by atoms with van der Waals surface area (Å²) in [5, 5.41) is 0. The Hall–Kier alpha value is -1.44. The standard InChI is InChI=1S/C17H24O2/c1-12-11-14(17(3,4)5)9-10-15(12)16(19)8-6-7-13(2)18/h9-11H,6-8H2,1-5H3. The fourth-order valence-corrected chi connectivity index (χ4v) is 2.08. The smallest absolute Gasteiger partial charge is 0.163 e. The first-order chi connectivity index (χ1) is 8.71. The Balaban J connectivity index is 2.79. The minimum atomic E-state index is 0.0982. The van der Waals surface area contributed by atoms with E-state index in [1.807, 2.05) is 19.1 Å². The zero-order chi connectivity index (χ0) is 14.6. The Morgan fingerprint density at radius 1 is 1.11 bits per heavy atom. The molecule has 19 heavy (non-hydrogen) atoms. The summed E-state index contributed by atoms with van der Waals surface area (Å²) >= 11 is 0. The number of benzene rings is 1. The van der Waals surface area contributed by atoms with Crippen molar-refractivity contribution in [2.45, 2.75) is 59.3 Å². The van der Waals surface area contributed by atoms with Crippen molar-refractivity contribution in [3.63, 3.8) is 0 Å². The van der Waals surface area contributed by atoms with Crippen LogP contribution in [0, 0.1) is 6.92 Å². The van der Waals surface area contributed by atoms with E-state index in [-0.39, 0.29) is 17.0 Å². The summed E-state index contributed by atoms with van der Waals surface area (Å²) in [7, 11) is 0. The van der Waals surface area contributed by atoms with Gasteiger partial charge in [-0.1, -0.05) is 39.0 Å². The Kier molecular flexibility index (Phi) is 5.04. The Labute approximate surface area is 116 Å². The lowest BCUT2D eigenvalue weighted by Gasteiger charge is -2.20. The normalized spacial score (nSPS) is 11.4. The first kappa shape index (κ1) is 15.6. The van der Waals surface area contributed by atoms with E-state index in [9.17, 15) is 9.59 Å². The van der Waals surface area contributed by atoms with E-state index < -0.39 is 0 Å². The van der Waals surface area contributed by atoms with Crippen molar-refractivity contribution in [3.8, 4) is 0 Å². The molecule has 2 nitrogen and oxygen atoms in total. The van der Waals surface area contributed by atoms with E-state index in [0.717, 1.165) is 11.1 Å². The van der Waals surface area contributed by atoms with Crippen LogP contribution >= 0.6 is 0 Å². The summed E-state index contributed by atoms with van der Waals surface area (Å²) < 4.78 is 0.